The fourth-order valence-electron chi connectivity index (χ4n) is 1.08. The van der Waals surface area contributed by atoms with Crippen LogP contribution in [0.2, 0.25) is 0 Å². The lowest BCUT2D eigenvalue weighted by Crippen LogP contribution is -2.25. The van der Waals surface area contributed by atoms with Gasteiger partial charge in [0.1, 0.15) is 11.7 Å². The lowest BCUT2D eigenvalue weighted by Gasteiger charge is -2.11. The summed E-state index contributed by atoms with van der Waals surface area (Å²) in [6.45, 7) is 7.11. The summed E-state index contributed by atoms with van der Waals surface area (Å²) in [6, 6.07) is 0. The summed E-state index contributed by atoms with van der Waals surface area (Å²) < 4.78 is 0. The number of aliphatic carboxylic acids is 1. The third-order valence-electron chi connectivity index (χ3n) is 2.16. The molecule has 80 valence electrons. The molecule has 0 amide bonds. The zero-order chi connectivity index (χ0) is 11.3. The number of carboxylic acid groups (broad SMARTS) is 1. The first kappa shape index (κ1) is 12.9. The van der Waals surface area contributed by atoms with Crippen LogP contribution in [0.4, 0.5) is 0 Å². The van der Waals surface area contributed by atoms with Gasteiger partial charge in [-0.25, -0.2) is 0 Å². The molecule has 1 N–H and O–H groups in total. The van der Waals surface area contributed by atoms with Gasteiger partial charge in [-0.05, 0) is 27.2 Å². The van der Waals surface area contributed by atoms with Crippen LogP contribution in [0.25, 0.3) is 0 Å². The average molecular weight is 198 g/mol. The second-order valence-corrected chi connectivity index (χ2v) is 3.88. The summed E-state index contributed by atoms with van der Waals surface area (Å²) >= 11 is 0. The number of carboxylic acids is 1. The third kappa shape index (κ3) is 4.21. The molecule has 0 aromatic carbocycles. The van der Waals surface area contributed by atoms with Crippen molar-refractivity contribution in [1.82, 2.24) is 0 Å². The van der Waals surface area contributed by atoms with Gasteiger partial charge in [0.2, 0.25) is 0 Å². The van der Waals surface area contributed by atoms with Crippen molar-refractivity contribution >= 4 is 11.8 Å². The van der Waals surface area contributed by atoms with Gasteiger partial charge in [-0.3, -0.25) is 9.59 Å². The SMILES string of the molecule is CC(C)=CCC(C)C(=O)C(C)C(=O)O. The summed E-state index contributed by atoms with van der Waals surface area (Å²) in [4.78, 5) is 22.0. The topological polar surface area (TPSA) is 54.4 Å². The fraction of sp³-hybridized carbons (Fsp3) is 0.636. The van der Waals surface area contributed by atoms with Gasteiger partial charge in [0.25, 0.3) is 0 Å². The largest absolute Gasteiger partial charge is 0.481 e. The van der Waals surface area contributed by atoms with Crippen LogP contribution in [0, 0.1) is 11.8 Å². The molecule has 0 heterocycles. The van der Waals surface area contributed by atoms with Gasteiger partial charge in [0.05, 0.1) is 0 Å². The van der Waals surface area contributed by atoms with Gasteiger partial charge in [-0.15, -0.1) is 0 Å². The maximum atomic E-state index is 11.5. The Morgan fingerprint density at radius 2 is 1.79 bits per heavy atom. The van der Waals surface area contributed by atoms with Crippen molar-refractivity contribution in [2.75, 3.05) is 0 Å². The van der Waals surface area contributed by atoms with Crippen LogP contribution >= 0.6 is 0 Å². The highest BCUT2D eigenvalue weighted by Crippen LogP contribution is 2.12. The van der Waals surface area contributed by atoms with Crippen molar-refractivity contribution in [3.63, 3.8) is 0 Å². The van der Waals surface area contributed by atoms with E-state index >= 15 is 0 Å². The van der Waals surface area contributed by atoms with Crippen molar-refractivity contribution in [2.24, 2.45) is 11.8 Å². The van der Waals surface area contributed by atoms with E-state index in [0.29, 0.717) is 6.42 Å². The molecule has 0 rings (SSSR count). The first-order valence-electron chi connectivity index (χ1n) is 4.76. The molecule has 0 saturated carbocycles. The zero-order valence-corrected chi connectivity index (χ0v) is 9.20. The van der Waals surface area contributed by atoms with Crippen molar-refractivity contribution in [3.8, 4) is 0 Å². The Kier molecular flexibility index (Phi) is 5.13. The molecule has 0 fully saturated rings. The molecule has 0 spiro atoms. The summed E-state index contributed by atoms with van der Waals surface area (Å²) in [5, 5.41) is 8.64. The van der Waals surface area contributed by atoms with Crippen molar-refractivity contribution in [1.29, 1.82) is 0 Å². The molecule has 0 radical (unpaired) electrons. The van der Waals surface area contributed by atoms with Crippen LogP contribution in [0.3, 0.4) is 0 Å². The van der Waals surface area contributed by atoms with Gasteiger partial charge in [-0.2, -0.15) is 0 Å². The van der Waals surface area contributed by atoms with Crippen molar-refractivity contribution in [2.45, 2.75) is 34.1 Å². The second kappa shape index (κ2) is 5.58. The van der Waals surface area contributed by atoms with Crippen LogP contribution in [-0.4, -0.2) is 16.9 Å². The Morgan fingerprint density at radius 3 is 2.14 bits per heavy atom. The van der Waals surface area contributed by atoms with E-state index in [0.717, 1.165) is 5.57 Å². The fourth-order valence-corrected chi connectivity index (χ4v) is 1.08. The summed E-state index contributed by atoms with van der Waals surface area (Å²) in [6.07, 6.45) is 2.58. The zero-order valence-electron chi connectivity index (χ0n) is 9.20. The summed E-state index contributed by atoms with van der Waals surface area (Å²) in [5.74, 6) is -2.35. The normalized spacial score (nSPS) is 14.3. The maximum Gasteiger partial charge on any atom is 0.313 e. The first-order valence-corrected chi connectivity index (χ1v) is 4.76. The average Bonchev–Trinajstić information content (AvgIpc) is 2.11. The number of carbonyl (C=O) groups is 2. The Bertz CT molecular complexity index is 249. The van der Waals surface area contributed by atoms with Gasteiger partial charge < -0.3 is 5.11 Å². The molecule has 0 aliphatic heterocycles. The number of rotatable bonds is 5. The highest BCUT2D eigenvalue weighted by Gasteiger charge is 2.24. The van der Waals surface area contributed by atoms with E-state index in [9.17, 15) is 9.59 Å². The van der Waals surface area contributed by atoms with Gasteiger partial charge >= 0.3 is 5.97 Å². The molecule has 0 aliphatic rings. The number of allylic oxidation sites excluding steroid dienone is 2. The van der Waals surface area contributed by atoms with Crippen molar-refractivity contribution in [3.05, 3.63) is 11.6 Å². The Hall–Kier alpha value is -1.12. The quantitative estimate of drug-likeness (QED) is 0.544. The van der Waals surface area contributed by atoms with Crippen LogP contribution < -0.4 is 0 Å². The standard InChI is InChI=1S/C11H18O3/c1-7(2)5-6-8(3)10(12)9(4)11(13)14/h5,8-9H,6H2,1-4H3,(H,13,14). The van der Waals surface area contributed by atoms with Crippen LogP contribution in [0.5, 0.6) is 0 Å². The minimum Gasteiger partial charge on any atom is -0.481 e. The minimum atomic E-state index is -1.04. The Labute approximate surface area is 84.8 Å². The molecular formula is C11H18O3. The maximum absolute atomic E-state index is 11.5. The molecule has 14 heavy (non-hydrogen) atoms. The number of hydrogen-bond acceptors (Lipinski definition) is 2. The van der Waals surface area contributed by atoms with E-state index in [4.69, 9.17) is 5.11 Å². The smallest absolute Gasteiger partial charge is 0.313 e. The third-order valence-corrected chi connectivity index (χ3v) is 2.16. The monoisotopic (exact) mass is 198 g/mol. The highest BCUT2D eigenvalue weighted by molar-refractivity contribution is 5.98. The van der Waals surface area contributed by atoms with E-state index in [2.05, 4.69) is 0 Å². The van der Waals surface area contributed by atoms with E-state index < -0.39 is 11.9 Å². The molecule has 3 heteroatoms. The first-order chi connectivity index (χ1) is 6.36. The van der Waals surface area contributed by atoms with E-state index in [1.54, 1.807) is 6.92 Å². The lowest BCUT2D eigenvalue weighted by atomic mass is 9.92. The molecular weight excluding hydrogens is 180 g/mol. The van der Waals surface area contributed by atoms with E-state index in [1.165, 1.54) is 6.92 Å². The highest BCUT2D eigenvalue weighted by atomic mass is 16.4. The Morgan fingerprint density at radius 1 is 1.29 bits per heavy atom. The summed E-state index contributed by atoms with van der Waals surface area (Å²) in [7, 11) is 0. The number of ketones is 1. The van der Waals surface area contributed by atoms with Crippen LogP contribution in [0.15, 0.2) is 11.6 Å². The molecule has 3 nitrogen and oxygen atoms in total. The Balaban J connectivity index is 4.26. The van der Waals surface area contributed by atoms with Crippen LogP contribution in [0.1, 0.15) is 34.1 Å². The molecule has 2 atom stereocenters. The minimum absolute atomic E-state index is 0.199. The second-order valence-electron chi connectivity index (χ2n) is 3.88. The van der Waals surface area contributed by atoms with E-state index in [-0.39, 0.29) is 11.7 Å². The predicted molar refractivity (Wildman–Crippen MR) is 55.0 cm³/mol. The van der Waals surface area contributed by atoms with E-state index in [1.807, 2.05) is 19.9 Å². The van der Waals surface area contributed by atoms with Crippen LogP contribution in [-0.2, 0) is 9.59 Å². The van der Waals surface area contributed by atoms with Gasteiger partial charge in [0, 0.05) is 5.92 Å². The predicted octanol–water partition coefficient (Wildman–Crippen LogP) is 2.27. The van der Waals surface area contributed by atoms with Gasteiger partial charge in [-0.1, -0.05) is 18.6 Å². The molecule has 0 aliphatic carbocycles. The number of carbonyl (C=O) groups excluding carboxylic acids is 1. The number of Topliss-reactive ketones (excluding diaryl/α,β-unsaturated/α-hetero) is 1. The molecule has 0 aromatic rings. The van der Waals surface area contributed by atoms with Gasteiger partial charge in [0.15, 0.2) is 0 Å². The molecule has 0 aromatic heterocycles. The van der Waals surface area contributed by atoms with Crippen molar-refractivity contribution < 1.29 is 14.7 Å². The molecule has 0 bridgehead atoms. The molecule has 0 saturated heterocycles. The summed E-state index contributed by atoms with van der Waals surface area (Å²) in [5.41, 5.74) is 1.15. The molecule has 2 unspecified atom stereocenters. The number of hydrogen-bond donors (Lipinski definition) is 1. The lowest BCUT2D eigenvalue weighted by molar-refractivity contribution is -0.146.